The molecular formula is C21H23N3O4S3. The summed E-state index contributed by atoms with van der Waals surface area (Å²) in [6.07, 6.45) is 2.83. The molecule has 0 aliphatic carbocycles. The van der Waals surface area contributed by atoms with Gasteiger partial charge in [-0.15, -0.1) is 11.3 Å². The van der Waals surface area contributed by atoms with Gasteiger partial charge in [0.2, 0.25) is 15.9 Å². The van der Waals surface area contributed by atoms with Crippen molar-refractivity contribution in [1.82, 2.24) is 9.29 Å². The first-order valence-corrected chi connectivity index (χ1v) is 13.3. The Kier molecular flexibility index (Phi) is 6.92. The lowest BCUT2D eigenvalue weighted by Crippen LogP contribution is -2.40. The largest absolute Gasteiger partial charge is 0.379 e. The molecule has 7 nitrogen and oxygen atoms in total. The third kappa shape index (κ3) is 5.27. The lowest BCUT2D eigenvalue weighted by molar-refractivity contribution is -0.116. The van der Waals surface area contributed by atoms with Gasteiger partial charge in [-0.05, 0) is 48.6 Å². The number of thioether (sulfide) groups is 1. The molecule has 0 atom stereocenters. The number of sulfonamides is 1. The van der Waals surface area contributed by atoms with E-state index in [0.29, 0.717) is 39.1 Å². The molecule has 31 heavy (non-hydrogen) atoms. The molecule has 1 fully saturated rings. The summed E-state index contributed by atoms with van der Waals surface area (Å²) < 4.78 is 34.1. The summed E-state index contributed by atoms with van der Waals surface area (Å²) >= 11 is 3.21. The van der Waals surface area contributed by atoms with E-state index in [1.807, 2.05) is 24.5 Å². The molecule has 2 aromatic carbocycles. The highest BCUT2D eigenvalue weighted by molar-refractivity contribution is 8.00. The number of nitrogens with one attached hydrogen (secondary N) is 1. The third-order valence-electron chi connectivity index (χ3n) is 5.00. The van der Waals surface area contributed by atoms with Crippen LogP contribution in [-0.4, -0.2) is 56.2 Å². The van der Waals surface area contributed by atoms with Crippen LogP contribution in [0.1, 0.15) is 12.0 Å². The monoisotopic (exact) mass is 477 g/mol. The standard InChI is InChI=1S/C21H23N3O4S3/c1-29-21-23-18-8-5-16(14-19(18)30-21)22-20(25)9-4-15-2-6-17(7-3-15)31(26,27)24-10-12-28-13-11-24/h2-3,5-8,14H,4,9-13H2,1H3,(H,22,25). The van der Waals surface area contributed by atoms with Crippen LogP contribution in [-0.2, 0) is 26.0 Å². The van der Waals surface area contributed by atoms with E-state index in [4.69, 9.17) is 4.74 Å². The van der Waals surface area contributed by atoms with Gasteiger partial charge in [-0.2, -0.15) is 4.31 Å². The van der Waals surface area contributed by atoms with Crippen molar-refractivity contribution in [3.63, 3.8) is 0 Å². The topological polar surface area (TPSA) is 88.6 Å². The minimum atomic E-state index is -3.50. The Morgan fingerprint density at radius 2 is 1.94 bits per heavy atom. The molecule has 164 valence electrons. The van der Waals surface area contributed by atoms with Crippen molar-refractivity contribution in [2.24, 2.45) is 0 Å². The molecule has 0 spiro atoms. The second kappa shape index (κ2) is 9.66. The van der Waals surface area contributed by atoms with Crippen molar-refractivity contribution in [1.29, 1.82) is 0 Å². The summed E-state index contributed by atoms with van der Waals surface area (Å²) in [4.78, 5) is 17.1. The Morgan fingerprint density at radius 3 is 2.65 bits per heavy atom. The number of benzene rings is 2. The number of hydrogen-bond acceptors (Lipinski definition) is 7. The number of amides is 1. The molecule has 10 heteroatoms. The highest BCUT2D eigenvalue weighted by Crippen LogP contribution is 2.30. The van der Waals surface area contributed by atoms with Crippen LogP contribution in [0.15, 0.2) is 51.7 Å². The van der Waals surface area contributed by atoms with E-state index in [0.717, 1.165) is 25.8 Å². The summed E-state index contributed by atoms with van der Waals surface area (Å²) in [5, 5.41) is 2.93. The lowest BCUT2D eigenvalue weighted by atomic mass is 10.1. The zero-order chi connectivity index (χ0) is 21.8. The number of carbonyl (C=O) groups is 1. The van der Waals surface area contributed by atoms with Crippen LogP contribution in [0.25, 0.3) is 10.2 Å². The predicted molar refractivity (Wildman–Crippen MR) is 124 cm³/mol. The highest BCUT2D eigenvalue weighted by Gasteiger charge is 2.26. The average Bonchev–Trinajstić information content (AvgIpc) is 3.21. The van der Waals surface area contributed by atoms with Gasteiger partial charge in [0.25, 0.3) is 0 Å². The van der Waals surface area contributed by atoms with E-state index in [1.165, 1.54) is 4.31 Å². The quantitative estimate of drug-likeness (QED) is 0.523. The molecule has 1 N–H and O–H groups in total. The van der Waals surface area contributed by atoms with Gasteiger partial charge in [0.1, 0.15) is 0 Å². The smallest absolute Gasteiger partial charge is 0.243 e. The number of thiazole rings is 1. The summed E-state index contributed by atoms with van der Waals surface area (Å²) in [5.41, 5.74) is 2.60. The van der Waals surface area contributed by atoms with Gasteiger partial charge in [-0.3, -0.25) is 4.79 Å². The molecule has 1 aliphatic heterocycles. The van der Waals surface area contributed by atoms with Crippen molar-refractivity contribution in [3.05, 3.63) is 48.0 Å². The fourth-order valence-corrected chi connectivity index (χ4v) is 6.25. The molecular weight excluding hydrogens is 454 g/mol. The number of ether oxygens (including phenoxy) is 1. The van der Waals surface area contributed by atoms with Crippen LogP contribution in [0, 0.1) is 0 Å². The minimum Gasteiger partial charge on any atom is -0.379 e. The minimum absolute atomic E-state index is 0.0843. The first-order valence-electron chi connectivity index (χ1n) is 9.87. The van der Waals surface area contributed by atoms with E-state index in [-0.39, 0.29) is 10.8 Å². The summed E-state index contributed by atoms with van der Waals surface area (Å²) in [7, 11) is -3.50. The molecule has 0 unspecified atom stereocenters. The number of anilines is 1. The van der Waals surface area contributed by atoms with E-state index in [1.54, 1.807) is 47.4 Å². The molecule has 0 saturated carbocycles. The Hall–Kier alpha value is -1.98. The van der Waals surface area contributed by atoms with Gasteiger partial charge in [-0.25, -0.2) is 13.4 Å². The third-order valence-corrected chi connectivity index (χ3v) is 8.92. The number of rotatable bonds is 7. The number of morpholine rings is 1. The van der Waals surface area contributed by atoms with Crippen molar-refractivity contribution < 1.29 is 17.9 Å². The lowest BCUT2D eigenvalue weighted by Gasteiger charge is -2.26. The van der Waals surface area contributed by atoms with Gasteiger partial charge in [-0.1, -0.05) is 23.9 Å². The van der Waals surface area contributed by atoms with Crippen molar-refractivity contribution >= 4 is 54.9 Å². The predicted octanol–water partition coefficient (Wildman–Crippen LogP) is 3.61. The van der Waals surface area contributed by atoms with E-state index >= 15 is 0 Å². The Balaban J connectivity index is 1.34. The van der Waals surface area contributed by atoms with E-state index < -0.39 is 10.0 Å². The van der Waals surface area contributed by atoms with Crippen LogP contribution >= 0.6 is 23.1 Å². The Labute approximate surface area is 189 Å². The number of hydrogen-bond donors (Lipinski definition) is 1. The van der Waals surface area contributed by atoms with Gasteiger partial charge in [0, 0.05) is 25.2 Å². The second-order valence-electron chi connectivity index (χ2n) is 7.07. The molecule has 3 aromatic rings. The molecule has 0 bridgehead atoms. The van der Waals surface area contributed by atoms with Gasteiger partial charge in [0.05, 0.1) is 28.3 Å². The summed E-state index contributed by atoms with van der Waals surface area (Å²) in [6.45, 7) is 1.58. The fourth-order valence-electron chi connectivity index (χ4n) is 3.31. The fraction of sp³-hybridized carbons (Fsp3) is 0.333. The molecule has 0 radical (unpaired) electrons. The highest BCUT2D eigenvalue weighted by atomic mass is 32.2. The molecule has 1 aliphatic rings. The molecule has 1 amide bonds. The van der Waals surface area contributed by atoms with Crippen LogP contribution in [0.4, 0.5) is 5.69 Å². The first kappa shape index (κ1) is 22.2. The maximum absolute atomic E-state index is 12.7. The Morgan fingerprint density at radius 1 is 1.19 bits per heavy atom. The van der Waals surface area contributed by atoms with E-state index in [9.17, 15) is 13.2 Å². The van der Waals surface area contributed by atoms with Crippen molar-refractivity contribution in [2.45, 2.75) is 22.1 Å². The number of aryl methyl sites for hydroxylation is 1. The first-order chi connectivity index (χ1) is 15.0. The number of carbonyl (C=O) groups excluding carboxylic acids is 1. The van der Waals surface area contributed by atoms with Gasteiger partial charge >= 0.3 is 0 Å². The van der Waals surface area contributed by atoms with Gasteiger partial charge < -0.3 is 10.1 Å². The second-order valence-corrected chi connectivity index (χ2v) is 11.1. The Bertz CT molecular complexity index is 1170. The van der Waals surface area contributed by atoms with Crippen LogP contribution in [0.2, 0.25) is 0 Å². The maximum atomic E-state index is 12.7. The van der Waals surface area contributed by atoms with Crippen LogP contribution < -0.4 is 5.32 Å². The van der Waals surface area contributed by atoms with Crippen molar-refractivity contribution in [3.8, 4) is 0 Å². The number of nitrogens with zero attached hydrogens (tertiary/aromatic N) is 2. The molecule has 1 aromatic heterocycles. The SMILES string of the molecule is CSc1nc2ccc(NC(=O)CCc3ccc(S(=O)(=O)N4CCOCC4)cc3)cc2s1. The molecule has 4 rings (SSSR count). The summed E-state index contributed by atoms with van der Waals surface area (Å²) in [5.74, 6) is -0.0843. The average molecular weight is 478 g/mol. The molecule has 1 saturated heterocycles. The van der Waals surface area contributed by atoms with Crippen LogP contribution in [0.3, 0.4) is 0 Å². The van der Waals surface area contributed by atoms with Crippen molar-refractivity contribution in [2.75, 3.05) is 37.9 Å². The number of aromatic nitrogens is 1. The maximum Gasteiger partial charge on any atom is 0.243 e. The number of fused-ring (bicyclic) bond motifs is 1. The van der Waals surface area contributed by atoms with Gasteiger partial charge in [0.15, 0.2) is 4.34 Å². The zero-order valence-electron chi connectivity index (χ0n) is 17.0. The summed E-state index contributed by atoms with van der Waals surface area (Å²) in [6, 6.07) is 12.5. The normalized spacial score (nSPS) is 15.3. The zero-order valence-corrected chi connectivity index (χ0v) is 19.5. The van der Waals surface area contributed by atoms with Crippen LogP contribution in [0.5, 0.6) is 0 Å². The molecule has 2 heterocycles. The van der Waals surface area contributed by atoms with E-state index in [2.05, 4.69) is 10.3 Å².